The summed E-state index contributed by atoms with van der Waals surface area (Å²) in [6.07, 6.45) is 3.76. The van der Waals surface area contributed by atoms with Crippen LogP contribution in [0.15, 0.2) is 12.3 Å². The van der Waals surface area contributed by atoms with Crippen molar-refractivity contribution in [2.45, 2.75) is 39.7 Å². The molecule has 1 fully saturated rings. The Morgan fingerprint density at radius 2 is 2.32 bits per heavy atom. The minimum absolute atomic E-state index is 0.0615. The normalized spacial score (nSPS) is 19.6. The summed E-state index contributed by atoms with van der Waals surface area (Å²) in [7, 11) is 0. The summed E-state index contributed by atoms with van der Waals surface area (Å²) in [4.78, 5) is 22.8. The summed E-state index contributed by atoms with van der Waals surface area (Å²) in [6.45, 7) is 7.58. The maximum atomic E-state index is 12.1. The van der Waals surface area contributed by atoms with Crippen LogP contribution in [0.4, 0.5) is 5.82 Å². The van der Waals surface area contributed by atoms with E-state index in [9.17, 15) is 4.79 Å². The highest BCUT2D eigenvalue weighted by Gasteiger charge is 2.26. The van der Waals surface area contributed by atoms with E-state index in [1.807, 2.05) is 26.8 Å². The highest BCUT2D eigenvalue weighted by molar-refractivity contribution is 5.79. The fourth-order valence-electron chi connectivity index (χ4n) is 2.42. The molecule has 0 aliphatic carbocycles. The van der Waals surface area contributed by atoms with Crippen molar-refractivity contribution in [2.75, 3.05) is 18.0 Å². The number of rotatable bonds is 3. The molecule has 5 nitrogen and oxygen atoms in total. The number of hydrogen-bond donors (Lipinski definition) is 1. The van der Waals surface area contributed by atoms with Crippen LogP contribution < -0.4 is 10.2 Å². The van der Waals surface area contributed by atoms with E-state index in [-0.39, 0.29) is 17.9 Å². The zero-order chi connectivity index (χ0) is 13.8. The van der Waals surface area contributed by atoms with Gasteiger partial charge in [-0.25, -0.2) is 9.97 Å². The molecule has 104 valence electrons. The molecule has 0 saturated carbocycles. The van der Waals surface area contributed by atoms with Crippen LogP contribution in [0.1, 0.15) is 32.5 Å². The number of nitrogens with one attached hydrogen (secondary N) is 1. The number of carbonyl (C=O) groups excluding carboxylic acids is 1. The maximum Gasteiger partial charge on any atom is 0.225 e. The standard InChI is InChI=1S/C14H22N4O/c1-10(2)16-14(19)12-5-4-8-18(9-12)13-6-7-15-11(3)17-13/h6-7,10,12H,4-5,8-9H2,1-3H3,(H,16,19)/t12-/m1/s1. The van der Waals surface area contributed by atoms with Crippen LogP contribution >= 0.6 is 0 Å². The van der Waals surface area contributed by atoms with E-state index in [1.165, 1.54) is 0 Å². The van der Waals surface area contributed by atoms with Crippen LogP contribution in [-0.2, 0) is 4.79 Å². The highest BCUT2D eigenvalue weighted by atomic mass is 16.2. The van der Waals surface area contributed by atoms with Gasteiger partial charge in [0.2, 0.25) is 5.91 Å². The average Bonchev–Trinajstić information content (AvgIpc) is 2.38. The van der Waals surface area contributed by atoms with Crippen molar-refractivity contribution in [1.29, 1.82) is 0 Å². The second kappa shape index (κ2) is 5.99. The van der Waals surface area contributed by atoms with Crippen molar-refractivity contribution in [2.24, 2.45) is 5.92 Å². The van der Waals surface area contributed by atoms with Crippen LogP contribution in [0, 0.1) is 12.8 Å². The molecule has 1 saturated heterocycles. The molecule has 0 unspecified atom stereocenters. The van der Waals surface area contributed by atoms with Crippen molar-refractivity contribution < 1.29 is 4.79 Å². The number of carbonyl (C=O) groups is 1. The van der Waals surface area contributed by atoms with E-state index in [4.69, 9.17) is 0 Å². The molecule has 0 spiro atoms. The molecule has 0 bridgehead atoms. The zero-order valence-corrected chi connectivity index (χ0v) is 11.9. The fraction of sp³-hybridized carbons (Fsp3) is 0.643. The Bertz CT molecular complexity index is 447. The highest BCUT2D eigenvalue weighted by Crippen LogP contribution is 2.21. The van der Waals surface area contributed by atoms with Gasteiger partial charge in [0.15, 0.2) is 0 Å². The number of hydrogen-bond acceptors (Lipinski definition) is 4. The van der Waals surface area contributed by atoms with Gasteiger partial charge in [0.05, 0.1) is 5.92 Å². The van der Waals surface area contributed by atoms with Crippen LogP contribution in [0.25, 0.3) is 0 Å². The summed E-state index contributed by atoms with van der Waals surface area (Å²) in [5, 5.41) is 3.00. The van der Waals surface area contributed by atoms with Crippen LogP contribution in [0.5, 0.6) is 0 Å². The number of piperidine rings is 1. The molecule has 1 aromatic rings. The molecule has 1 amide bonds. The van der Waals surface area contributed by atoms with Gasteiger partial charge in [0, 0.05) is 25.3 Å². The average molecular weight is 262 g/mol. The third-order valence-electron chi connectivity index (χ3n) is 3.31. The largest absolute Gasteiger partial charge is 0.356 e. The van der Waals surface area contributed by atoms with Crippen molar-refractivity contribution in [3.05, 3.63) is 18.1 Å². The van der Waals surface area contributed by atoms with E-state index >= 15 is 0 Å². The first kappa shape index (κ1) is 13.8. The topological polar surface area (TPSA) is 58.1 Å². The van der Waals surface area contributed by atoms with Crippen molar-refractivity contribution in [3.63, 3.8) is 0 Å². The minimum Gasteiger partial charge on any atom is -0.356 e. The van der Waals surface area contributed by atoms with Gasteiger partial charge in [-0.2, -0.15) is 0 Å². The molecule has 1 aliphatic heterocycles. The summed E-state index contributed by atoms with van der Waals surface area (Å²) in [5.74, 6) is 1.91. The Kier molecular flexibility index (Phi) is 4.35. The Balaban J connectivity index is 2.03. The monoisotopic (exact) mass is 262 g/mol. The van der Waals surface area contributed by atoms with Gasteiger partial charge in [-0.05, 0) is 39.7 Å². The number of aromatic nitrogens is 2. The zero-order valence-electron chi connectivity index (χ0n) is 11.9. The summed E-state index contributed by atoms with van der Waals surface area (Å²) in [5.41, 5.74) is 0. The van der Waals surface area contributed by atoms with Crippen LogP contribution in [0.3, 0.4) is 0 Å². The van der Waals surface area contributed by atoms with E-state index < -0.39 is 0 Å². The lowest BCUT2D eigenvalue weighted by Gasteiger charge is -2.33. The van der Waals surface area contributed by atoms with Crippen molar-refractivity contribution in [1.82, 2.24) is 15.3 Å². The lowest BCUT2D eigenvalue weighted by molar-refractivity contribution is -0.125. The summed E-state index contributed by atoms with van der Waals surface area (Å²) in [6, 6.07) is 2.11. The molecule has 2 heterocycles. The Morgan fingerprint density at radius 1 is 1.53 bits per heavy atom. The second-order valence-corrected chi connectivity index (χ2v) is 5.41. The third-order valence-corrected chi connectivity index (χ3v) is 3.31. The molecule has 19 heavy (non-hydrogen) atoms. The number of anilines is 1. The molecular formula is C14H22N4O. The molecule has 1 aliphatic rings. The van der Waals surface area contributed by atoms with Crippen LogP contribution in [0.2, 0.25) is 0 Å². The van der Waals surface area contributed by atoms with Crippen molar-refractivity contribution in [3.8, 4) is 0 Å². The van der Waals surface area contributed by atoms with E-state index in [2.05, 4.69) is 20.2 Å². The molecule has 5 heteroatoms. The first-order valence-corrected chi connectivity index (χ1v) is 6.91. The Labute approximate surface area is 114 Å². The van der Waals surface area contributed by atoms with Gasteiger partial charge in [-0.15, -0.1) is 0 Å². The van der Waals surface area contributed by atoms with Crippen molar-refractivity contribution >= 4 is 11.7 Å². The lowest BCUT2D eigenvalue weighted by Crippen LogP contribution is -2.45. The molecule has 0 radical (unpaired) electrons. The first-order chi connectivity index (χ1) is 9.06. The predicted molar refractivity (Wildman–Crippen MR) is 75.0 cm³/mol. The number of nitrogens with zero attached hydrogens (tertiary/aromatic N) is 3. The van der Waals surface area contributed by atoms with E-state index in [0.29, 0.717) is 0 Å². The van der Waals surface area contributed by atoms with Gasteiger partial charge in [-0.3, -0.25) is 4.79 Å². The molecule has 0 aromatic carbocycles. The summed E-state index contributed by atoms with van der Waals surface area (Å²) >= 11 is 0. The quantitative estimate of drug-likeness (QED) is 0.897. The molecule has 2 rings (SSSR count). The Hall–Kier alpha value is -1.65. The van der Waals surface area contributed by atoms with E-state index in [0.717, 1.165) is 37.6 Å². The van der Waals surface area contributed by atoms with Crippen LogP contribution in [-0.4, -0.2) is 35.0 Å². The smallest absolute Gasteiger partial charge is 0.225 e. The fourth-order valence-corrected chi connectivity index (χ4v) is 2.42. The van der Waals surface area contributed by atoms with Gasteiger partial charge in [0.25, 0.3) is 0 Å². The minimum atomic E-state index is 0.0615. The Morgan fingerprint density at radius 3 is 3.00 bits per heavy atom. The third kappa shape index (κ3) is 3.66. The van der Waals surface area contributed by atoms with Gasteiger partial charge < -0.3 is 10.2 Å². The SMILES string of the molecule is Cc1nccc(N2CCC[C@@H](C(=O)NC(C)C)C2)n1. The first-order valence-electron chi connectivity index (χ1n) is 6.91. The van der Waals surface area contributed by atoms with Gasteiger partial charge in [-0.1, -0.05) is 0 Å². The van der Waals surface area contributed by atoms with Gasteiger partial charge >= 0.3 is 0 Å². The molecule has 1 N–H and O–H groups in total. The van der Waals surface area contributed by atoms with Gasteiger partial charge in [0.1, 0.15) is 11.6 Å². The predicted octanol–water partition coefficient (Wildman–Crippen LogP) is 1.53. The lowest BCUT2D eigenvalue weighted by atomic mass is 9.97. The maximum absolute atomic E-state index is 12.1. The van der Waals surface area contributed by atoms with E-state index in [1.54, 1.807) is 6.20 Å². The molecular weight excluding hydrogens is 240 g/mol. The number of amides is 1. The molecule has 1 atom stereocenters. The summed E-state index contributed by atoms with van der Waals surface area (Å²) < 4.78 is 0. The molecule has 1 aromatic heterocycles. The number of aryl methyl sites for hydroxylation is 1. The second-order valence-electron chi connectivity index (χ2n) is 5.41.